The van der Waals surface area contributed by atoms with Crippen LogP contribution < -0.4 is 16.8 Å². The predicted molar refractivity (Wildman–Crippen MR) is 72.5 cm³/mol. The van der Waals surface area contributed by atoms with Gasteiger partial charge in [-0.15, -0.1) is 5.10 Å². The van der Waals surface area contributed by atoms with Crippen LogP contribution in [0.4, 0.5) is 11.4 Å². The van der Waals surface area contributed by atoms with Crippen molar-refractivity contribution in [3.63, 3.8) is 0 Å². The van der Waals surface area contributed by atoms with Gasteiger partial charge in [-0.1, -0.05) is 11.3 Å². The number of amides is 1. The first-order chi connectivity index (χ1) is 9.18. The van der Waals surface area contributed by atoms with Crippen LogP contribution in [0.15, 0.2) is 30.6 Å². The van der Waals surface area contributed by atoms with Crippen LogP contribution in [-0.2, 0) is 6.54 Å². The number of nitrogen functional groups attached to an aromatic ring is 1. The maximum absolute atomic E-state index is 11.2. The van der Waals surface area contributed by atoms with Gasteiger partial charge in [-0.2, -0.15) is 0 Å². The molecule has 0 aliphatic heterocycles. The third-order valence-corrected chi connectivity index (χ3v) is 2.72. The number of rotatable bonds is 6. The van der Waals surface area contributed by atoms with Crippen molar-refractivity contribution in [3.05, 3.63) is 36.2 Å². The lowest BCUT2D eigenvalue weighted by molar-refractivity contribution is 0.100. The first-order valence-electron chi connectivity index (χ1n) is 5.95. The van der Waals surface area contributed by atoms with E-state index in [1.54, 1.807) is 23.0 Å². The zero-order valence-electron chi connectivity index (χ0n) is 10.4. The third kappa shape index (κ3) is 3.21. The number of hydrogen-bond donors (Lipinski definition) is 3. The lowest BCUT2D eigenvalue weighted by Gasteiger charge is -2.11. The monoisotopic (exact) mass is 260 g/mol. The summed E-state index contributed by atoms with van der Waals surface area (Å²) in [5.74, 6) is -0.524. The van der Waals surface area contributed by atoms with Gasteiger partial charge in [-0.05, 0) is 18.6 Å². The summed E-state index contributed by atoms with van der Waals surface area (Å²) in [6.07, 6.45) is 4.31. The second-order valence-electron chi connectivity index (χ2n) is 4.08. The van der Waals surface area contributed by atoms with Crippen LogP contribution in [0.3, 0.4) is 0 Å². The average Bonchev–Trinajstić information content (AvgIpc) is 2.89. The van der Waals surface area contributed by atoms with Crippen molar-refractivity contribution in [1.29, 1.82) is 0 Å². The van der Waals surface area contributed by atoms with E-state index >= 15 is 0 Å². The first kappa shape index (κ1) is 12.9. The Balaban J connectivity index is 1.89. The molecular weight excluding hydrogens is 244 g/mol. The molecule has 19 heavy (non-hydrogen) atoms. The van der Waals surface area contributed by atoms with Crippen molar-refractivity contribution >= 4 is 17.3 Å². The molecule has 0 fully saturated rings. The van der Waals surface area contributed by atoms with Gasteiger partial charge in [0, 0.05) is 19.3 Å². The van der Waals surface area contributed by atoms with Gasteiger partial charge >= 0.3 is 0 Å². The highest BCUT2D eigenvalue weighted by Gasteiger charge is 2.08. The summed E-state index contributed by atoms with van der Waals surface area (Å²) in [6, 6.07) is 5.17. The van der Waals surface area contributed by atoms with E-state index in [0.717, 1.165) is 18.7 Å². The van der Waals surface area contributed by atoms with E-state index in [0.29, 0.717) is 17.8 Å². The molecule has 7 heteroatoms. The number of aromatic nitrogens is 3. The van der Waals surface area contributed by atoms with Crippen LogP contribution in [0.25, 0.3) is 0 Å². The second kappa shape index (κ2) is 5.85. The van der Waals surface area contributed by atoms with Crippen LogP contribution in [0.5, 0.6) is 0 Å². The highest BCUT2D eigenvalue weighted by molar-refractivity contribution is 6.00. The summed E-state index contributed by atoms with van der Waals surface area (Å²) in [7, 11) is 0. The quantitative estimate of drug-likeness (QED) is 0.516. The number of aryl methyl sites for hydroxylation is 1. The molecule has 5 N–H and O–H groups in total. The number of nitrogens with one attached hydrogen (secondary N) is 1. The summed E-state index contributed by atoms with van der Waals surface area (Å²) >= 11 is 0. The number of benzene rings is 1. The standard InChI is InChI=1S/C12H16N6O/c13-11-9(12(14)19)3-1-4-10(11)15-5-2-7-18-8-6-16-17-18/h1,3-4,6,8,15H,2,5,7,13H2,(H2,14,19). The molecule has 0 unspecified atom stereocenters. The van der Waals surface area contributed by atoms with Crippen LogP contribution >= 0.6 is 0 Å². The van der Waals surface area contributed by atoms with E-state index in [1.807, 2.05) is 12.3 Å². The smallest absolute Gasteiger partial charge is 0.250 e. The lowest BCUT2D eigenvalue weighted by atomic mass is 10.1. The third-order valence-electron chi connectivity index (χ3n) is 2.72. The van der Waals surface area contributed by atoms with Crippen molar-refractivity contribution in [3.8, 4) is 0 Å². The Bertz CT molecular complexity index is 551. The summed E-state index contributed by atoms with van der Waals surface area (Å²) in [5, 5.41) is 10.8. The van der Waals surface area contributed by atoms with Gasteiger partial charge in [0.15, 0.2) is 0 Å². The highest BCUT2D eigenvalue weighted by Crippen LogP contribution is 2.22. The Morgan fingerprint density at radius 3 is 2.95 bits per heavy atom. The number of anilines is 2. The molecule has 1 aromatic heterocycles. The number of nitrogens with two attached hydrogens (primary N) is 2. The summed E-state index contributed by atoms with van der Waals surface area (Å²) in [4.78, 5) is 11.2. The lowest BCUT2D eigenvalue weighted by Crippen LogP contribution is -2.15. The van der Waals surface area contributed by atoms with E-state index in [-0.39, 0.29) is 0 Å². The van der Waals surface area contributed by atoms with Crippen molar-refractivity contribution in [2.75, 3.05) is 17.6 Å². The zero-order chi connectivity index (χ0) is 13.7. The summed E-state index contributed by atoms with van der Waals surface area (Å²) < 4.78 is 1.75. The zero-order valence-corrected chi connectivity index (χ0v) is 10.4. The molecule has 2 aromatic rings. The summed E-state index contributed by atoms with van der Waals surface area (Å²) in [5.41, 5.74) is 12.5. The Morgan fingerprint density at radius 2 is 2.26 bits per heavy atom. The van der Waals surface area contributed by atoms with Crippen molar-refractivity contribution in [2.24, 2.45) is 5.73 Å². The Labute approximate surface area is 110 Å². The molecular formula is C12H16N6O. The summed E-state index contributed by atoms with van der Waals surface area (Å²) in [6.45, 7) is 1.48. The molecule has 100 valence electrons. The fourth-order valence-corrected chi connectivity index (χ4v) is 1.75. The average molecular weight is 260 g/mol. The number of para-hydroxylation sites is 1. The largest absolute Gasteiger partial charge is 0.396 e. The molecule has 1 heterocycles. The maximum atomic E-state index is 11.2. The fraction of sp³-hybridized carbons (Fsp3) is 0.250. The van der Waals surface area contributed by atoms with Crippen LogP contribution in [0.1, 0.15) is 16.8 Å². The molecule has 0 atom stereocenters. The van der Waals surface area contributed by atoms with Gasteiger partial charge < -0.3 is 16.8 Å². The number of hydrogen-bond acceptors (Lipinski definition) is 5. The van der Waals surface area contributed by atoms with Gasteiger partial charge in [0.05, 0.1) is 23.1 Å². The molecule has 0 spiro atoms. The molecule has 0 radical (unpaired) electrons. The van der Waals surface area contributed by atoms with Crippen LogP contribution in [-0.4, -0.2) is 27.4 Å². The topological polar surface area (TPSA) is 112 Å². The Kier molecular flexibility index (Phi) is 3.97. The molecule has 1 aromatic carbocycles. The molecule has 2 rings (SSSR count). The molecule has 0 bridgehead atoms. The van der Waals surface area contributed by atoms with E-state index in [4.69, 9.17) is 11.5 Å². The SMILES string of the molecule is NC(=O)c1cccc(NCCCn2ccnn2)c1N. The number of primary amides is 1. The molecule has 7 nitrogen and oxygen atoms in total. The first-order valence-corrected chi connectivity index (χ1v) is 5.95. The molecule has 0 aliphatic rings. The maximum Gasteiger partial charge on any atom is 0.250 e. The normalized spacial score (nSPS) is 10.3. The number of carbonyl (C=O) groups is 1. The van der Waals surface area contributed by atoms with Gasteiger partial charge in [0.1, 0.15) is 0 Å². The number of nitrogens with zero attached hydrogens (tertiary/aromatic N) is 3. The predicted octanol–water partition coefficient (Wildman–Crippen LogP) is 0.461. The molecule has 0 aliphatic carbocycles. The Hall–Kier alpha value is -2.57. The van der Waals surface area contributed by atoms with Gasteiger partial charge in [0.25, 0.3) is 5.91 Å². The van der Waals surface area contributed by atoms with Crippen molar-refractivity contribution < 1.29 is 4.79 Å². The van der Waals surface area contributed by atoms with Gasteiger partial charge in [0.2, 0.25) is 0 Å². The molecule has 1 amide bonds. The van der Waals surface area contributed by atoms with E-state index in [9.17, 15) is 4.79 Å². The van der Waals surface area contributed by atoms with E-state index < -0.39 is 5.91 Å². The van der Waals surface area contributed by atoms with Crippen LogP contribution in [0.2, 0.25) is 0 Å². The molecule has 0 saturated heterocycles. The highest BCUT2D eigenvalue weighted by atomic mass is 16.1. The second-order valence-corrected chi connectivity index (χ2v) is 4.08. The minimum Gasteiger partial charge on any atom is -0.396 e. The van der Waals surface area contributed by atoms with Gasteiger partial charge in [-0.25, -0.2) is 0 Å². The fourth-order valence-electron chi connectivity index (χ4n) is 1.75. The number of carbonyl (C=O) groups excluding carboxylic acids is 1. The van der Waals surface area contributed by atoms with Crippen LogP contribution in [0, 0.1) is 0 Å². The minimum absolute atomic E-state index is 0.335. The van der Waals surface area contributed by atoms with Crippen molar-refractivity contribution in [1.82, 2.24) is 15.0 Å². The minimum atomic E-state index is -0.524. The van der Waals surface area contributed by atoms with Crippen molar-refractivity contribution in [2.45, 2.75) is 13.0 Å². The Morgan fingerprint density at radius 1 is 1.42 bits per heavy atom. The van der Waals surface area contributed by atoms with Gasteiger partial charge in [-0.3, -0.25) is 9.48 Å². The molecule has 0 saturated carbocycles. The van der Waals surface area contributed by atoms with E-state index in [1.165, 1.54) is 0 Å². The van der Waals surface area contributed by atoms with E-state index in [2.05, 4.69) is 15.6 Å².